The summed E-state index contributed by atoms with van der Waals surface area (Å²) in [5.41, 5.74) is 24.9. The van der Waals surface area contributed by atoms with Crippen LogP contribution >= 0.6 is 0 Å². The largest absolute Gasteiger partial charge is 0.444 e. The summed E-state index contributed by atoms with van der Waals surface area (Å²) in [6.07, 6.45) is 13.4. The highest BCUT2D eigenvalue weighted by Gasteiger charge is 2.55. The number of fused-ring (bicyclic) bond motifs is 11. The monoisotopic (exact) mass is 891 g/mol. The third-order valence-electron chi connectivity index (χ3n) is 20.3. The lowest BCUT2D eigenvalue weighted by atomic mass is 9.32. The minimum absolute atomic E-state index is 0.0357. The van der Waals surface area contributed by atoms with E-state index in [2.05, 4.69) is 175 Å². The third-order valence-corrected chi connectivity index (χ3v) is 20.3. The van der Waals surface area contributed by atoms with Crippen LogP contribution in [-0.2, 0) is 43.3 Å². The fourth-order valence-corrected chi connectivity index (χ4v) is 15.4. The fourth-order valence-electron chi connectivity index (χ4n) is 15.4. The van der Waals surface area contributed by atoms with Crippen LogP contribution in [0.15, 0.2) is 59.0 Å². The smallest absolute Gasteiger partial charge is 0.256 e. The molecule has 2 atom stereocenters. The van der Waals surface area contributed by atoms with Crippen LogP contribution in [-0.4, -0.2) is 6.71 Å². The highest BCUT2D eigenvalue weighted by molar-refractivity contribution is 7.00. The van der Waals surface area contributed by atoms with E-state index in [-0.39, 0.29) is 50.0 Å². The predicted molar refractivity (Wildman–Crippen MR) is 286 cm³/mol. The van der Waals surface area contributed by atoms with Crippen molar-refractivity contribution < 1.29 is 4.42 Å². The van der Waals surface area contributed by atoms with E-state index in [4.69, 9.17) is 4.42 Å². The van der Waals surface area contributed by atoms with Gasteiger partial charge in [-0.25, -0.2) is 0 Å². The first-order chi connectivity index (χ1) is 31.2. The third kappa shape index (κ3) is 5.95. The molecule has 3 heterocycles. The summed E-state index contributed by atoms with van der Waals surface area (Å²) < 4.78 is 7.79. The topological polar surface area (TPSA) is 19.6 Å². The van der Waals surface area contributed by atoms with Gasteiger partial charge in [0.15, 0.2) is 5.88 Å². The van der Waals surface area contributed by atoms with Crippen LogP contribution in [0, 0.1) is 13.8 Å². The van der Waals surface area contributed by atoms with Crippen LogP contribution in [0.3, 0.4) is 0 Å². The number of rotatable bonds is 2. The van der Waals surface area contributed by atoms with E-state index in [1.165, 1.54) is 147 Å². The van der Waals surface area contributed by atoms with Gasteiger partial charge >= 0.3 is 0 Å². The van der Waals surface area contributed by atoms with E-state index in [1.54, 1.807) is 11.1 Å². The van der Waals surface area contributed by atoms with E-state index in [0.717, 1.165) is 18.7 Å². The van der Waals surface area contributed by atoms with Gasteiger partial charge in [0.25, 0.3) is 6.71 Å². The molecule has 2 bridgehead atoms. The average molecular weight is 891 g/mol. The zero-order valence-electron chi connectivity index (χ0n) is 44.4. The molecule has 8 aliphatic rings. The molecule has 1 fully saturated rings. The first kappa shape index (κ1) is 44.1. The summed E-state index contributed by atoms with van der Waals surface area (Å²) >= 11 is 0. The van der Waals surface area contributed by atoms with Gasteiger partial charge < -0.3 is 9.32 Å². The molecule has 2 aliphatic heterocycles. The molecule has 5 aromatic rings. The first-order valence-electron chi connectivity index (χ1n) is 26.6. The van der Waals surface area contributed by atoms with Crippen molar-refractivity contribution >= 4 is 57.4 Å². The molecule has 0 N–H and O–H groups in total. The lowest BCUT2D eigenvalue weighted by Crippen LogP contribution is -2.63. The number of aryl methyl sites for hydroxylation is 2. The predicted octanol–water partition coefficient (Wildman–Crippen LogP) is 15.5. The van der Waals surface area contributed by atoms with Crippen LogP contribution in [0.1, 0.15) is 223 Å². The maximum atomic E-state index is 7.79. The summed E-state index contributed by atoms with van der Waals surface area (Å²) in [5, 5.41) is 0. The number of hydrogen-bond acceptors (Lipinski definition) is 3. The second-order valence-electron chi connectivity index (χ2n) is 28.0. The highest BCUT2D eigenvalue weighted by Crippen LogP contribution is 2.59. The normalized spacial score (nSPS) is 26.9. The molecule has 350 valence electrons. The lowest BCUT2D eigenvalue weighted by Gasteiger charge is -2.48. The quantitative estimate of drug-likeness (QED) is 0.161. The molecule has 2 unspecified atom stereocenters. The second-order valence-corrected chi connectivity index (χ2v) is 28.0. The Kier molecular flexibility index (Phi) is 8.79. The number of nitrogens with zero attached hydrogens (tertiary/aromatic N) is 2. The molecule has 4 aromatic carbocycles. The number of anilines is 6. The molecule has 1 saturated carbocycles. The Morgan fingerprint density at radius 1 is 0.433 bits per heavy atom. The molecule has 13 rings (SSSR count). The molecule has 1 aromatic heterocycles. The van der Waals surface area contributed by atoms with E-state index in [1.807, 2.05) is 0 Å². The minimum Gasteiger partial charge on any atom is -0.444 e. The van der Waals surface area contributed by atoms with Gasteiger partial charge in [0.1, 0.15) is 5.76 Å². The summed E-state index contributed by atoms with van der Waals surface area (Å²) in [7, 11) is 0. The van der Waals surface area contributed by atoms with Crippen molar-refractivity contribution in [2.24, 2.45) is 0 Å². The summed E-state index contributed by atoms with van der Waals surface area (Å²) in [6.45, 7) is 39.7. The number of benzene rings is 4. The van der Waals surface area contributed by atoms with Crippen molar-refractivity contribution in [1.82, 2.24) is 0 Å². The Labute approximate surface area is 405 Å². The summed E-state index contributed by atoms with van der Waals surface area (Å²) in [4.78, 5) is 5.40. The molecule has 4 heteroatoms. The molecule has 67 heavy (non-hydrogen) atoms. The van der Waals surface area contributed by atoms with Crippen molar-refractivity contribution in [3.05, 3.63) is 110 Å². The molecule has 0 amide bonds. The van der Waals surface area contributed by atoms with Crippen LogP contribution in [0.2, 0.25) is 0 Å². The summed E-state index contributed by atoms with van der Waals surface area (Å²) in [6, 6.07) is 23.4. The Hall–Kier alpha value is -4.18. The van der Waals surface area contributed by atoms with Gasteiger partial charge in [0.05, 0.1) is 5.69 Å². The minimum atomic E-state index is -0.0854. The van der Waals surface area contributed by atoms with Crippen LogP contribution in [0.25, 0.3) is 0 Å². The lowest BCUT2D eigenvalue weighted by molar-refractivity contribution is 0.280. The fraction of sp³-hybridized carbons (Fsp3) is 0.556. The second kappa shape index (κ2) is 13.4. The molecular weight excluding hydrogens is 812 g/mol. The van der Waals surface area contributed by atoms with Crippen molar-refractivity contribution in [2.75, 3.05) is 9.80 Å². The molecule has 0 saturated heterocycles. The standard InChI is InChI=1S/C63H79BN2O/c1-37-30-49-52-50(31-37)66(47-35-43-41(32-38(47)2)57(5,6)24-25-59(43,9)10)55-53(51-54(67-55)61(13,14)27-26-60(51,11)12)64(52)46-34-44-45(63(16)21-17-20-62(44,15)28-29-63)36-48(46)65(49)39-18-19-40-42(33-39)58(7,8)23-22-56(40,3)4/h18-19,30-36H,17,20-29H2,1-16H3. The highest BCUT2D eigenvalue weighted by atomic mass is 16.4. The van der Waals surface area contributed by atoms with Crippen LogP contribution < -0.4 is 26.2 Å². The van der Waals surface area contributed by atoms with E-state index >= 15 is 0 Å². The van der Waals surface area contributed by atoms with Gasteiger partial charge in [-0.3, -0.25) is 4.90 Å². The van der Waals surface area contributed by atoms with Crippen LogP contribution in [0.5, 0.6) is 0 Å². The molecular formula is C63H79BN2O. The van der Waals surface area contributed by atoms with Gasteiger partial charge in [-0.05, 0) is 219 Å². The Morgan fingerprint density at radius 2 is 0.940 bits per heavy atom. The van der Waals surface area contributed by atoms with Gasteiger partial charge in [-0.1, -0.05) is 122 Å². The average Bonchev–Trinajstić information content (AvgIpc) is 3.55. The van der Waals surface area contributed by atoms with E-state index in [0.29, 0.717) is 0 Å². The summed E-state index contributed by atoms with van der Waals surface area (Å²) in [5.74, 6) is 2.27. The number of hydrogen-bond donors (Lipinski definition) is 0. The van der Waals surface area contributed by atoms with Crippen molar-refractivity contribution in [2.45, 2.75) is 225 Å². The van der Waals surface area contributed by atoms with Gasteiger partial charge in [0, 0.05) is 28.2 Å². The van der Waals surface area contributed by atoms with Crippen LogP contribution in [0.4, 0.5) is 34.3 Å². The Bertz CT molecular complexity index is 2990. The molecule has 6 aliphatic carbocycles. The first-order valence-corrected chi connectivity index (χ1v) is 26.6. The molecule has 0 radical (unpaired) electrons. The zero-order chi connectivity index (χ0) is 47.6. The maximum Gasteiger partial charge on any atom is 0.256 e. The van der Waals surface area contributed by atoms with Crippen molar-refractivity contribution in [3.8, 4) is 0 Å². The zero-order valence-corrected chi connectivity index (χ0v) is 44.4. The Balaban J connectivity index is 1.22. The molecule has 3 nitrogen and oxygen atoms in total. The van der Waals surface area contributed by atoms with Crippen molar-refractivity contribution in [3.63, 3.8) is 0 Å². The molecule has 0 spiro atoms. The Morgan fingerprint density at radius 3 is 1.57 bits per heavy atom. The van der Waals surface area contributed by atoms with Gasteiger partial charge in [0.2, 0.25) is 0 Å². The van der Waals surface area contributed by atoms with E-state index in [9.17, 15) is 0 Å². The number of furan rings is 1. The SMILES string of the molecule is Cc1cc2c3c(c1)N(c1cc4c(cc1C)C(C)(C)CCC4(C)C)c1oc4c(c1B3c1cc3c(cc1N2c1ccc2c(c1)C(C)(C)CCC2(C)C)C1(C)CCCC3(C)CC1)C(C)(C)CCC4(C)C. The van der Waals surface area contributed by atoms with Gasteiger partial charge in [-0.15, -0.1) is 0 Å². The van der Waals surface area contributed by atoms with Gasteiger partial charge in [-0.2, -0.15) is 0 Å². The van der Waals surface area contributed by atoms with E-state index < -0.39 is 0 Å². The maximum absolute atomic E-state index is 7.79. The van der Waals surface area contributed by atoms with Crippen molar-refractivity contribution in [1.29, 1.82) is 0 Å².